The average Bonchev–Trinajstić information content (AvgIpc) is 2.29. The summed E-state index contributed by atoms with van der Waals surface area (Å²) < 4.78 is 0. The first-order valence-electron chi connectivity index (χ1n) is 6.94. The molecule has 1 atom stereocenters. The Morgan fingerprint density at radius 1 is 1.19 bits per heavy atom. The van der Waals surface area contributed by atoms with Crippen LogP contribution in [0.3, 0.4) is 0 Å². The van der Waals surface area contributed by atoms with Gasteiger partial charge >= 0.3 is 0 Å². The third-order valence-corrected chi connectivity index (χ3v) is 4.81. The van der Waals surface area contributed by atoms with Gasteiger partial charge in [0.05, 0.1) is 0 Å². The van der Waals surface area contributed by atoms with Crippen LogP contribution in [0.4, 0.5) is 0 Å². The Labute approximate surface area is 99.8 Å². The summed E-state index contributed by atoms with van der Waals surface area (Å²) in [5, 5.41) is 13.5. The molecule has 1 saturated heterocycles. The molecule has 2 heteroatoms. The molecule has 0 aromatic carbocycles. The topological polar surface area (TPSA) is 32.3 Å². The maximum atomic E-state index is 9.90. The van der Waals surface area contributed by atoms with E-state index in [1.54, 1.807) is 0 Å². The molecule has 1 aliphatic carbocycles. The molecule has 0 aromatic rings. The number of aliphatic hydroxyl groups is 1. The van der Waals surface area contributed by atoms with E-state index in [0.717, 1.165) is 25.3 Å². The van der Waals surface area contributed by atoms with Crippen LogP contribution in [0, 0.1) is 11.3 Å². The SMILES string of the molecule is CC1(C)CC(CO)(C2CCCCC2)CCN1. The normalized spacial score (nSPS) is 36.2. The van der Waals surface area contributed by atoms with Gasteiger partial charge < -0.3 is 10.4 Å². The number of hydrogen-bond donors (Lipinski definition) is 2. The minimum Gasteiger partial charge on any atom is -0.396 e. The molecule has 2 fully saturated rings. The summed E-state index contributed by atoms with van der Waals surface area (Å²) in [6.45, 7) is 6.02. The van der Waals surface area contributed by atoms with Gasteiger partial charge in [-0.15, -0.1) is 0 Å². The number of rotatable bonds is 2. The van der Waals surface area contributed by atoms with Crippen LogP contribution in [0.25, 0.3) is 0 Å². The second-order valence-corrected chi connectivity index (χ2v) is 6.59. The fourth-order valence-corrected chi connectivity index (χ4v) is 4.01. The molecule has 1 unspecified atom stereocenters. The summed E-state index contributed by atoms with van der Waals surface area (Å²) in [6.07, 6.45) is 9.15. The lowest BCUT2D eigenvalue weighted by atomic mass is 9.61. The van der Waals surface area contributed by atoms with Crippen molar-refractivity contribution in [3.8, 4) is 0 Å². The van der Waals surface area contributed by atoms with E-state index in [1.807, 2.05) is 0 Å². The van der Waals surface area contributed by atoms with Gasteiger partial charge in [0.15, 0.2) is 0 Å². The Balaban J connectivity index is 2.10. The number of hydrogen-bond acceptors (Lipinski definition) is 2. The van der Waals surface area contributed by atoms with Crippen LogP contribution >= 0.6 is 0 Å². The molecule has 0 bridgehead atoms. The molecule has 2 rings (SSSR count). The molecule has 1 heterocycles. The molecule has 1 aliphatic heterocycles. The van der Waals surface area contributed by atoms with E-state index in [2.05, 4.69) is 19.2 Å². The molecule has 0 spiro atoms. The van der Waals surface area contributed by atoms with Gasteiger partial charge in [0.2, 0.25) is 0 Å². The van der Waals surface area contributed by atoms with E-state index in [9.17, 15) is 5.11 Å². The summed E-state index contributed by atoms with van der Waals surface area (Å²) in [7, 11) is 0. The Kier molecular flexibility index (Phi) is 3.60. The molecule has 94 valence electrons. The molecule has 1 saturated carbocycles. The largest absolute Gasteiger partial charge is 0.396 e. The highest BCUT2D eigenvalue weighted by molar-refractivity contribution is 4.98. The lowest BCUT2D eigenvalue weighted by Crippen LogP contribution is -2.54. The Morgan fingerprint density at radius 3 is 2.44 bits per heavy atom. The van der Waals surface area contributed by atoms with E-state index in [1.165, 1.54) is 32.1 Å². The van der Waals surface area contributed by atoms with Crippen LogP contribution in [0.15, 0.2) is 0 Å². The first-order valence-corrected chi connectivity index (χ1v) is 6.94. The minimum absolute atomic E-state index is 0.207. The zero-order valence-corrected chi connectivity index (χ0v) is 10.9. The zero-order valence-electron chi connectivity index (χ0n) is 10.9. The second-order valence-electron chi connectivity index (χ2n) is 6.59. The highest BCUT2D eigenvalue weighted by atomic mass is 16.3. The molecule has 0 radical (unpaired) electrons. The molecule has 0 amide bonds. The monoisotopic (exact) mass is 225 g/mol. The van der Waals surface area contributed by atoms with E-state index in [-0.39, 0.29) is 11.0 Å². The average molecular weight is 225 g/mol. The van der Waals surface area contributed by atoms with Crippen LogP contribution in [0.2, 0.25) is 0 Å². The van der Waals surface area contributed by atoms with E-state index < -0.39 is 0 Å². The van der Waals surface area contributed by atoms with Crippen LogP contribution in [0.5, 0.6) is 0 Å². The molecule has 2 nitrogen and oxygen atoms in total. The highest BCUT2D eigenvalue weighted by Gasteiger charge is 2.44. The van der Waals surface area contributed by atoms with Gasteiger partial charge in [-0.1, -0.05) is 19.3 Å². The van der Waals surface area contributed by atoms with Crippen molar-refractivity contribution < 1.29 is 5.11 Å². The summed E-state index contributed by atoms with van der Waals surface area (Å²) in [6, 6.07) is 0. The maximum Gasteiger partial charge on any atom is 0.0491 e. The van der Waals surface area contributed by atoms with Crippen LogP contribution in [-0.2, 0) is 0 Å². The molecule has 0 aromatic heterocycles. The molecule has 2 N–H and O–H groups in total. The van der Waals surface area contributed by atoms with Crippen molar-refractivity contribution in [2.75, 3.05) is 13.2 Å². The lowest BCUT2D eigenvalue weighted by molar-refractivity contribution is -0.0173. The van der Waals surface area contributed by atoms with Gasteiger partial charge in [-0.3, -0.25) is 0 Å². The highest BCUT2D eigenvalue weighted by Crippen LogP contribution is 2.47. The third kappa shape index (κ3) is 2.43. The van der Waals surface area contributed by atoms with Crippen molar-refractivity contribution >= 4 is 0 Å². The molecule has 2 aliphatic rings. The first kappa shape index (κ1) is 12.4. The van der Waals surface area contributed by atoms with Gasteiger partial charge in [-0.2, -0.15) is 0 Å². The molecule has 16 heavy (non-hydrogen) atoms. The summed E-state index contributed by atoms with van der Waals surface area (Å²) in [5.41, 5.74) is 0.424. The van der Waals surface area contributed by atoms with Crippen molar-refractivity contribution in [2.45, 2.75) is 64.3 Å². The predicted molar refractivity (Wildman–Crippen MR) is 67.4 cm³/mol. The number of aliphatic hydroxyl groups excluding tert-OH is 1. The quantitative estimate of drug-likeness (QED) is 0.757. The Morgan fingerprint density at radius 2 is 1.88 bits per heavy atom. The van der Waals surface area contributed by atoms with Crippen molar-refractivity contribution in [1.29, 1.82) is 0 Å². The summed E-state index contributed by atoms with van der Waals surface area (Å²) in [4.78, 5) is 0. The van der Waals surface area contributed by atoms with Crippen LogP contribution < -0.4 is 5.32 Å². The zero-order chi connectivity index (χ0) is 11.6. The van der Waals surface area contributed by atoms with Gasteiger partial charge in [-0.05, 0) is 57.4 Å². The second kappa shape index (κ2) is 4.66. The Bertz CT molecular complexity index is 233. The van der Waals surface area contributed by atoms with Crippen molar-refractivity contribution in [2.24, 2.45) is 11.3 Å². The smallest absolute Gasteiger partial charge is 0.0491 e. The van der Waals surface area contributed by atoms with E-state index in [4.69, 9.17) is 0 Å². The number of nitrogens with one attached hydrogen (secondary N) is 1. The van der Waals surface area contributed by atoms with Gasteiger partial charge in [0.1, 0.15) is 0 Å². The molecular weight excluding hydrogens is 198 g/mol. The summed E-state index contributed by atoms with van der Waals surface area (Å²) in [5.74, 6) is 0.771. The fourth-order valence-electron chi connectivity index (χ4n) is 4.01. The van der Waals surface area contributed by atoms with Crippen molar-refractivity contribution in [3.05, 3.63) is 0 Å². The maximum absolute atomic E-state index is 9.90. The molecular formula is C14H27NO. The standard InChI is InChI=1S/C14H27NO/c1-13(2)10-14(11-16,8-9-15-13)12-6-4-3-5-7-12/h12,15-16H,3-11H2,1-2H3. The van der Waals surface area contributed by atoms with Crippen LogP contribution in [0.1, 0.15) is 58.8 Å². The van der Waals surface area contributed by atoms with Crippen molar-refractivity contribution in [1.82, 2.24) is 5.32 Å². The van der Waals surface area contributed by atoms with Gasteiger partial charge in [-0.25, -0.2) is 0 Å². The van der Waals surface area contributed by atoms with E-state index in [0.29, 0.717) is 6.61 Å². The Hall–Kier alpha value is -0.0800. The van der Waals surface area contributed by atoms with Crippen LogP contribution in [-0.4, -0.2) is 23.8 Å². The lowest BCUT2D eigenvalue weighted by Gasteiger charge is -2.50. The minimum atomic E-state index is 0.207. The van der Waals surface area contributed by atoms with E-state index >= 15 is 0 Å². The number of piperidine rings is 1. The fraction of sp³-hybridized carbons (Fsp3) is 1.00. The van der Waals surface area contributed by atoms with Gasteiger partial charge in [0.25, 0.3) is 0 Å². The van der Waals surface area contributed by atoms with Gasteiger partial charge in [0, 0.05) is 12.1 Å². The summed E-state index contributed by atoms with van der Waals surface area (Å²) >= 11 is 0. The first-order chi connectivity index (χ1) is 7.58. The predicted octanol–water partition coefficient (Wildman–Crippen LogP) is 2.71. The third-order valence-electron chi connectivity index (χ3n) is 4.81. The van der Waals surface area contributed by atoms with Crippen molar-refractivity contribution in [3.63, 3.8) is 0 Å².